The number of nitrogens with zero attached hydrogens (tertiary/aromatic N) is 4. The Balaban J connectivity index is 1.96. The highest BCUT2D eigenvalue weighted by Gasteiger charge is 2.33. The Bertz CT molecular complexity index is 1460. The van der Waals surface area contributed by atoms with E-state index in [9.17, 15) is 9.59 Å². The van der Waals surface area contributed by atoms with Crippen LogP contribution in [0.15, 0.2) is 65.5 Å². The largest absolute Gasteiger partial charge is 0.349 e. The molecule has 0 fully saturated rings. The number of nitrogens with two attached hydrogens (primary N) is 1. The second-order valence-corrected chi connectivity index (χ2v) is 10.3. The zero-order valence-corrected chi connectivity index (χ0v) is 23.3. The maximum absolute atomic E-state index is 14.0. The van der Waals surface area contributed by atoms with Crippen molar-refractivity contribution in [1.29, 1.82) is 0 Å². The Hall–Kier alpha value is -3.42. The average molecular weight is 534 g/mol. The molecule has 0 aliphatic rings. The quantitative estimate of drug-likeness (QED) is 0.296. The first kappa shape index (κ1) is 27.6. The van der Waals surface area contributed by atoms with Crippen LogP contribution in [0.1, 0.15) is 65.6 Å². The van der Waals surface area contributed by atoms with Crippen LogP contribution >= 0.6 is 11.6 Å². The Morgan fingerprint density at radius 2 is 1.79 bits per heavy atom. The standard InChI is InChI=1S/C30H36ClN5O2/c1-5-21(3)28(34(17-9-16-32)29(37)24-14-12-20(2)13-15-24)26-18-25-27(31)22(4)33-36(25)30(38)35(26)19-23-10-7-6-8-11-23/h6-8,10-15,18,21,28H,5,9,16-17,19,32H2,1-4H3/t21-,28+/m1/s1. The van der Waals surface area contributed by atoms with E-state index < -0.39 is 0 Å². The molecule has 8 heteroatoms. The topological polar surface area (TPSA) is 85.6 Å². The number of halogens is 1. The molecule has 38 heavy (non-hydrogen) atoms. The lowest BCUT2D eigenvalue weighted by atomic mass is 9.92. The molecule has 0 saturated heterocycles. The van der Waals surface area contributed by atoms with E-state index in [2.05, 4.69) is 18.9 Å². The first-order valence-corrected chi connectivity index (χ1v) is 13.5. The van der Waals surface area contributed by atoms with Crippen molar-refractivity contribution in [3.05, 3.63) is 104 Å². The van der Waals surface area contributed by atoms with Crippen LogP contribution in [-0.4, -0.2) is 38.1 Å². The number of carbonyl (C=O) groups is 1. The van der Waals surface area contributed by atoms with Gasteiger partial charge in [0.05, 0.1) is 28.8 Å². The normalized spacial score (nSPS) is 13.0. The van der Waals surface area contributed by atoms with Gasteiger partial charge in [0.2, 0.25) is 0 Å². The Morgan fingerprint density at radius 3 is 2.42 bits per heavy atom. The van der Waals surface area contributed by atoms with Crippen LogP contribution in [0, 0.1) is 19.8 Å². The van der Waals surface area contributed by atoms with E-state index in [1.165, 1.54) is 4.52 Å². The summed E-state index contributed by atoms with van der Waals surface area (Å²) < 4.78 is 3.10. The van der Waals surface area contributed by atoms with Crippen LogP contribution in [-0.2, 0) is 6.54 Å². The Labute approximate surface area is 228 Å². The van der Waals surface area contributed by atoms with E-state index in [0.717, 1.165) is 23.2 Å². The highest BCUT2D eigenvalue weighted by molar-refractivity contribution is 6.34. The van der Waals surface area contributed by atoms with Gasteiger partial charge >= 0.3 is 5.69 Å². The van der Waals surface area contributed by atoms with E-state index in [-0.39, 0.29) is 23.6 Å². The molecule has 0 radical (unpaired) electrons. The zero-order valence-electron chi connectivity index (χ0n) is 22.5. The molecule has 7 nitrogen and oxygen atoms in total. The summed E-state index contributed by atoms with van der Waals surface area (Å²) in [7, 11) is 0. The predicted molar refractivity (Wildman–Crippen MR) is 153 cm³/mol. The maximum atomic E-state index is 14.0. The van der Waals surface area contributed by atoms with E-state index in [1.807, 2.05) is 72.5 Å². The summed E-state index contributed by atoms with van der Waals surface area (Å²) in [5, 5.41) is 4.86. The van der Waals surface area contributed by atoms with Gasteiger partial charge in [0.1, 0.15) is 0 Å². The van der Waals surface area contributed by atoms with Crippen LogP contribution in [0.5, 0.6) is 0 Å². The first-order valence-electron chi connectivity index (χ1n) is 13.2. The summed E-state index contributed by atoms with van der Waals surface area (Å²) in [6.07, 6.45) is 1.45. The highest BCUT2D eigenvalue weighted by Crippen LogP contribution is 2.34. The van der Waals surface area contributed by atoms with Gasteiger partial charge in [0.15, 0.2) is 0 Å². The average Bonchev–Trinajstić information content (AvgIpc) is 3.22. The van der Waals surface area contributed by atoms with E-state index in [0.29, 0.717) is 47.9 Å². The van der Waals surface area contributed by atoms with Gasteiger partial charge in [-0.05, 0) is 56.5 Å². The molecule has 1 amide bonds. The van der Waals surface area contributed by atoms with Crippen LogP contribution in [0.25, 0.3) is 5.52 Å². The molecule has 0 aliphatic heterocycles. The van der Waals surface area contributed by atoms with Gasteiger partial charge in [-0.15, -0.1) is 0 Å². The van der Waals surface area contributed by atoms with Gasteiger partial charge in [-0.25, -0.2) is 4.79 Å². The summed E-state index contributed by atoms with van der Waals surface area (Å²) in [6.45, 7) is 9.27. The lowest BCUT2D eigenvalue weighted by molar-refractivity contribution is 0.0594. The van der Waals surface area contributed by atoms with Gasteiger partial charge in [-0.2, -0.15) is 9.61 Å². The molecular weight excluding hydrogens is 498 g/mol. The number of carbonyl (C=O) groups excluding carboxylic acids is 1. The molecule has 0 bridgehead atoms. The van der Waals surface area contributed by atoms with Crippen LogP contribution in [0.4, 0.5) is 0 Å². The number of fused-ring (bicyclic) bond motifs is 1. The number of amides is 1. The van der Waals surface area contributed by atoms with Crippen LogP contribution < -0.4 is 11.4 Å². The van der Waals surface area contributed by atoms with Crippen molar-refractivity contribution in [2.45, 2.75) is 53.1 Å². The third-order valence-electron chi connectivity index (χ3n) is 7.20. The number of hydrogen-bond acceptors (Lipinski definition) is 4. The van der Waals surface area contributed by atoms with Gasteiger partial charge in [0.25, 0.3) is 5.91 Å². The number of hydrogen-bond donors (Lipinski definition) is 1. The molecule has 2 atom stereocenters. The molecule has 2 N–H and O–H groups in total. The van der Waals surface area contributed by atoms with Crippen molar-refractivity contribution in [2.75, 3.05) is 13.1 Å². The molecule has 200 valence electrons. The minimum Gasteiger partial charge on any atom is -0.330 e. The van der Waals surface area contributed by atoms with Crippen molar-refractivity contribution in [3.63, 3.8) is 0 Å². The summed E-state index contributed by atoms with van der Waals surface area (Å²) in [5.41, 5.74) is 10.2. The molecule has 2 aromatic carbocycles. The maximum Gasteiger partial charge on any atom is 0.349 e. The number of aryl methyl sites for hydroxylation is 2. The molecule has 4 aromatic rings. The molecule has 2 aromatic heterocycles. The predicted octanol–water partition coefficient (Wildman–Crippen LogP) is 5.39. The van der Waals surface area contributed by atoms with Gasteiger partial charge in [-0.3, -0.25) is 9.36 Å². The summed E-state index contributed by atoms with van der Waals surface area (Å²) in [5.74, 6) is -0.0352. The fourth-order valence-electron chi connectivity index (χ4n) is 4.88. The summed E-state index contributed by atoms with van der Waals surface area (Å²) in [6, 6.07) is 19.0. The summed E-state index contributed by atoms with van der Waals surface area (Å²) >= 11 is 6.62. The van der Waals surface area contributed by atoms with Crippen molar-refractivity contribution in [1.82, 2.24) is 19.1 Å². The van der Waals surface area contributed by atoms with E-state index in [4.69, 9.17) is 17.3 Å². The molecule has 4 rings (SSSR count). The third kappa shape index (κ3) is 5.54. The molecular formula is C30H36ClN5O2. The Kier molecular flexibility index (Phi) is 8.69. The zero-order chi connectivity index (χ0) is 27.4. The molecule has 0 saturated carbocycles. The lowest BCUT2D eigenvalue weighted by Crippen LogP contribution is -2.43. The van der Waals surface area contributed by atoms with Crippen LogP contribution in [0.3, 0.4) is 0 Å². The first-order chi connectivity index (χ1) is 18.3. The van der Waals surface area contributed by atoms with Gasteiger partial charge in [0, 0.05) is 17.8 Å². The molecule has 2 heterocycles. The third-order valence-corrected chi connectivity index (χ3v) is 7.66. The number of rotatable bonds is 10. The minimum absolute atomic E-state index is 0.0499. The fourth-order valence-corrected chi connectivity index (χ4v) is 5.05. The van der Waals surface area contributed by atoms with Gasteiger partial charge in [-0.1, -0.05) is 79.9 Å². The number of benzene rings is 2. The van der Waals surface area contributed by atoms with Crippen molar-refractivity contribution in [3.8, 4) is 0 Å². The molecule has 0 aliphatic carbocycles. The van der Waals surface area contributed by atoms with Gasteiger partial charge < -0.3 is 10.6 Å². The lowest BCUT2D eigenvalue weighted by Gasteiger charge is -2.37. The highest BCUT2D eigenvalue weighted by atomic mass is 35.5. The molecule has 0 spiro atoms. The molecule has 0 unspecified atom stereocenters. The minimum atomic E-state index is -0.381. The SMILES string of the molecule is CC[C@@H](C)[C@@H](c1cc2c(Cl)c(C)nn2c(=O)n1Cc1ccccc1)N(CCCN)C(=O)c1ccc(C)cc1. The monoisotopic (exact) mass is 533 g/mol. The summed E-state index contributed by atoms with van der Waals surface area (Å²) in [4.78, 5) is 29.9. The van der Waals surface area contributed by atoms with Crippen molar-refractivity contribution in [2.24, 2.45) is 11.7 Å². The second kappa shape index (κ2) is 12.0. The second-order valence-electron chi connectivity index (χ2n) is 9.96. The van der Waals surface area contributed by atoms with E-state index >= 15 is 0 Å². The smallest absolute Gasteiger partial charge is 0.330 e. The fraction of sp³-hybridized carbons (Fsp3) is 0.367. The van der Waals surface area contributed by atoms with E-state index in [1.54, 1.807) is 11.5 Å². The van der Waals surface area contributed by atoms with Crippen LogP contribution in [0.2, 0.25) is 5.02 Å². The Morgan fingerprint density at radius 1 is 1.11 bits per heavy atom. The number of aromatic nitrogens is 3. The van der Waals surface area contributed by atoms with Crippen molar-refractivity contribution >= 4 is 23.0 Å². The van der Waals surface area contributed by atoms with Crippen molar-refractivity contribution < 1.29 is 4.79 Å².